The summed E-state index contributed by atoms with van der Waals surface area (Å²) in [7, 11) is 1.61. The third kappa shape index (κ3) is 7.55. The van der Waals surface area contributed by atoms with Gasteiger partial charge in [-0.25, -0.2) is 0 Å². The number of nitrogens with one attached hydrogen (secondary N) is 1. The van der Waals surface area contributed by atoms with Crippen molar-refractivity contribution in [3.05, 3.63) is 0 Å². The van der Waals surface area contributed by atoms with Gasteiger partial charge in [0, 0.05) is 13.6 Å². The summed E-state index contributed by atoms with van der Waals surface area (Å²) in [6, 6.07) is -0.514. The van der Waals surface area contributed by atoms with Crippen LogP contribution in [0.2, 0.25) is 0 Å². The van der Waals surface area contributed by atoms with E-state index in [-0.39, 0.29) is 18.4 Å². The quantitative estimate of drug-likeness (QED) is 0.668. The minimum atomic E-state index is -0.514. The van der Waals surface area contributed by atoms with Gasteiger partial charge < -0.3 is 16.0 Å². The molecule has 0 aromatic rings. The van der Waals surface area contributed by atoms with E-state index in [1.165, 1.54) is 4.90 Å². The number of nitrogens with two attached hydrogens (primary N) is 1. The zero-order valence-electron chi connectivity index (χ0n) is 11.7. The first-order valence-corrected chi connectivity index (χ1v) is 7.54. The molecule has 0 heterocycles. The third-order valence-electron chi connectivity index (χ3n) is 2.41. The normalized spacial score (nSPS) is 12.3. The molecule has 0 radical (unpaired) electrons. The molecule has 3 N–H and O–H groups in total. The molecular weight excluding hydrogens is 250 g/mol. The van der Waals surface area contributed by atoms with Crippen molar-refractivity contribution in [3.63, 3.8) is 0 Å². The van der Waals surface area contributed by atoms with Crippen LogP contribution in [0.4, 0.5) is 0 Å². The largest absolute Gasteiger partial charge is 0.354 e. The molecule has 0 unspecified atom stereocenters. The van der Waals surface area contributed by atoms with E-state index in [2.05, 4.69) is 5.32 Å². The van der Waals surface area contributed by atoms with Gasteiger partial charge in [-0.2, -0.15) is 11.8 Å². The summed E-state index contributed by atoms with van der Waals surface area (Å²) in [5.41, 5.74) is 5.77. The van der Waals surface area contributed by atoms with Crippen LogP contribution < -0.4 is 11.1 Å². The molecule has 0 spiro atoms. The second-order valence-electron chi connectivity index (χ2n) is 4.78. The topological polar surface area (TPSA) is 75.4 Å². The van der Waals surface area contributed by atoms with Crippen LogP contribution in [0.25, 0.3) is 0 Å². The first-order chi connectivity index (χ1) is 8.38. The Hall–Kier alpha value is -0.750. The molecule has 1 atom stereocenters. The summed E-state index contributed by atoms with van der Waals surface area (Å²) in [5, 5.41) is 2.77. The lowest BCUT2D eigenvalue weighted by Gasteiger charge is -2.21. The smallest absolute Gasteiger partial charge is 0.239 e. The minimum absolute atomic E-state index is 0.0680. The van der Waals surface area contributed by atoms with Crippen molar-refractivity contribution in [1.82, 2.24) is 10.2 Å². The van der Waals surface area contributed by atoms with Gasteiger partial charge in [-0.1, -0.05) is 13.8 Å². The van der Waals surface area contributed by atoms with E-state index in [1.54, 1.807) is 18.8 Å². The number of nitrogens with zero attached hydrogens (tertiary/aromatic N) is 1. The Bertz CT molecular complexity index is 272. The third-order valence-corrected chi connectivity index (χ3v) is 3.06. The van der Waals surface area contributed by atoms with E-state index in [9.17, 15) is 9.59 Å². The van der Waals surface area contributed by atoms with Gasteiger partial charge in [0.15, 0.2) is 0 Å². The fourth-order valence-electron chi connectivity index (χ4n) is 1.32. The molecule has 0 bridgehead atoms. The van der Waals surface area contributed by atoms with Crippen molar-refractivity contribution in [3.8, 4) is 0 Å². The van der Waals surface area contributed by atoms with E-state index < -0.39 is 6.04 Å². The first-order valence-electron chi connectivity index (χ1n) is 6.14. The maximum Gasteiger partial charge on any atom is 0.239 e. The Morgan fingerprint density at radius 3 is 2.50 bits per heavy atom. The van der Waals surface area contributed by atoms with Crippen LogP contribution in [-0.4, -0.2) is 54.9 Å². The lowest BCUT2D eigenvalue weighted by molar-refractivity contribution is -0.135. The summed E-state index contributed by atoms with van der Waals surface area (Å²) < 4.78 is 0. The molecule has 18 heavy (non-hydrogen) atoms. The lowest BCUT2D eigenvalue weighted by Crippen LogP contribution is -2.46. The average Bonchev–Trinajstić information content (AvgIpc) is 2.32. The Labute approximate surface area is 114 Å². The van der Waals surface area contributed by atoms with E-state index in [0.717, 1.165) is 5.75 Å². The van der Waals surface area contributed by atoms with Crippen molar-refractivity contribution in [2.75, 3.05) is 32.1 Å². The summed E-state index contributed by atoms with van der Waals surface area (Å²) >= 11 is 1.65. The van der Waals surface area contributed by atoms with Gasteiger partial charge >= 0.3 is 0 Å². The Morgan fingerprint density at radius 2 is 2.00 bits per heavy atom. The van der Waals surface area contributed by atoms with Crippen LogP contribution in [-0.2, 0) is 9.59 Å². The van der Waals surface area contributed by atoms with Gasteiger partial charge in [-0.15, -0.1) is 0 Å². The van der Waals surface area contributed by atoms with Gasteiger partial charge in [0.05, 0.1) is 12.6 Å². The van der Waals surface area contributed by atoms with Crippen molar-refractivity contribution in [1.29, 1.82) is 0 Å². The highest BCUT2D eigenvalue weighted by Crippen LogP contribution is 2.01. The molecule has 0 rings (SSSR count). The molecule has 0 fully saturated rings. The van der Waals surface area contributed by atoms with Crippen molar-refractivity contribution in [2.24, 2.45) is 11.7 Å². The molecule has 0 saturated heterocycles. The van der Waals surface area contributed by atoms with E-state index in [1.807, 2.05) is 20.1 Å². The predicted octanol–water partition coefficient (Wildman–Crippen LogP) is 0.297. The standard InChI is InChI=1S/C12H25N3O2S/c1-9(2)7-14-11(16)8-15(3)12(17)10(13)5-6-18-4/h9-10H,5-8,13H2,1-4H3,(H,14,16)/t10-/m1/s1. The van der Waals surface area contributed by atoms with Gasteiger partial charge in [0.2, 0.25) is 11.8 Å². The highest BCUT2D eigenvalue weighted by atomic mass is 32.2. The monoisotopic (exact) mass is 275 g/mol. The molecule has 106 valence electrons. The molecule has 0 saturated carbocycles. The molecule has 0 aromatic heterocycles. The van der Waals surface area contributed by atoms with Crippen LogP contribution in [0, 0.1) is 5.92 Å². The Morgan fingerprint density at radius 1 is 1.39 bits per heavy atom. The number of carbonyl (C=O) groups is 2. The van der Waals surface area contributed by atoms with Gasteiger partial charge in [0.1, 0.15) is 0 Å². The summed E-state index contributed by atoms with van der Waals surface area (Å²) in [5.74, 6) is 0.930. The van der Waals surface area contributed by atoms with Crippen LogP contribution in [0.5, 0.6) is 0 Å². The number of thioether (sulfide) groups is 1. The molecule has 0 aromatic carbocycles. The fraction of sp³-hybridized carbons (Fsp3) is 0.833. The number of likely N-dealkylation sites (N-methyl/N-ethyl adjacent to an activating group) is 1. The Kier molecular flexibility index (Phi) is 8.83. The predicted molar refractivity (Wildman–Crippen MR) is 76.5 cm³/mol. The molecule has 6 heteroatoms. The maximum atomic E-state index is 11.8. The Balaban J connectivity index is 4.02. The first kappa shape index (κ1) is 17.2. The molecular formula is C12H25N3O2S. The average molecular weight is 275 g/mol. The SMILES string of the molecule is CSCC[C@@H](N)C(=O)N(C)CC(=O)NCC(C)C. The van der Waals surface area contributed by atoms with Crippen molar-refractivity contribution >= 4 is 23.6 Å². The van der Waals surface area contributed by atoms with Crippen LogP contribution in [0.1, 0.15) is 20.3 Å². The van der Waals surface area contributed by atoms with E-state index >= 15 is 0 Å². The molecule has 5 nitrogen and oxygen atoms in total. The highest BCUT2D eigenvalue weighted by Gasteiger charge is 2.19. The second-order valence-corrected chi connectivity index (χ2v) is 5.77. The highest BCUT2D eigenvalue weighted by molar-refractivity contribution is 7.98. The van der Waals surface area contributed by atoms with Gasteiger partial charge in [-0.3, -0.25) is 9.59 Å². The van der Waals surface area contributed by atoms with Crippen LogP contribution in [0.3, 0.4) is 0 Å². The summed E-state index contributed by atoms with van der Waals surface area (Å²) in [6.07, 6.45) is 2.61. The van der Waals surface area contributed by atoms with E-state index in [0.29, 0.717) is 18.9 Å². The minimum Gasteiger partial charge on any atom is -0.354 e. The molecule has 0 aliphatic rings. The van der Waals surface area contributed by atoms with Crippen LogP contribution >= 0.6 is 11.8 Å². The number of rotatable bonds is 8. The molecule has 0 aliphatic carbocycles. The number of hydrogen-bond donors (Lipinski definition) is 2. The summed E-state index contributed by atoms with van der Waals surface area (Å²) in [4.78, 5) is 24.8. The van der Waals surface area contributed by atoms with Crippen molar-refractivity contribution in [2.45, 2.75) is 26.3 Å². The number of carbonyl (C=O) groups excluding carboxylic acids is 2. The van der Waals surface area contributed by atoms with Crippen molar-refractivity contribution < 1.29 is 9.59 Å². The number of hydrogen-bond acceptors (Lipinski definition) is 4. The van der Waals surface area contributed by atoms with Gasteiger partial charge in [-0.05, 0) is 24.3 Å². The van der Waals surface area contributed by atoms with E-state index in [4.69, 9.17) is 5.73 Å². The second kappa shape index (κ2) is 9.22. The molecule has 2 amide bonds. The lowest BCUT2D eigenvalue weighted by atomic mass is 10.2. The van der Waals surface area contributed by atoms with Gasteiger partial charge in [0.25, 0.3) is 0 Å². The summed E-state index contributed by atoms with van der Waals surface area (Å²) in [6.45, 7) is 4.73. The molecule has 0 aliphatic heterocycles. The van der Waals surface area contributed by atoms with Crippen LogP contribution in [0.15, 0.2) is 0 Å². The fourth-order valence-corrected chi connectivity index (χ4v) is 1.81. The zero-order valence-corrected chi connectivity index (χ0v) is 12.5. The zero-order chi connectivity index (χ0) is 14.1. The number of amides is 2. The maximum absolute atomic E-state index is 11.8.